The minimum atomic E-state index is -1.67. The van der Waals surface area contributed by atoms with E-state index in [1.54, 1.807) is 4.90 Å². The Morgan fingerprint density at radius 2 is 2.00 bits per heavy atom. The second kappa shape index (κ2) is 4.85. The lowest BCUT2D eigenvalue weighted by Gasteiger charge is -2.35. The number of aliphatic carboxylic acids is 1. The molecule has 1 amide bonds. The van der Waals surface area contributed by atoms with E-state index in [0.717, 1.165) is 6.42 Å². The molecular weight excluding hydrogens is 238 g/mol. The summed E-state index contributed by atoms with van der Waals surface area (Å²) in [5, 5.41) is 18.7. The predicted molar refractivity (Wildman–Crippen MR) is 61.9 cm³/mol. The molecule has 0 bridgehead atoms. The zero-order valence-corrected chi connectivity index (χ0v) is 10.5. The maximum absolute atomic E-state index is 12.0. The molecule has 0 radical (unpaired) electrons. The zero-order valence-electron chi connectivity index (χ0n) is 10.5. The second-order valence-electron chi connectivity index (χ2n) is 5.00. The number of hydrogen-bond acceptors (Lipinski definition) is 4. The third kappa shape index (κ3) is 2.49. The van der Waals surface area contributed by atoms with Gasteiger partial charge in [0.25, 0.3) is 0 Å². The van der Waals surface area contributed by atoms with Crippen LogP contribution in [0.2, 0.25) is 0 Å². The van der Waals surface area contributed by atoms with Gasteiger partial charge in [0.15, 0.2) is 5.60 Å². The van der Waals surface area contributed by atoms with Crippen LogP contribution in [0, 0.1) is 5.92 Å². The lowest BCUT2D eigenvalue weighted by atomic mass is 9.91. The van der Waals surface area contributed by atoms with Crippen LogP contribution in [0.15, 0.2) is 0 Å². The highest BCUT2D eigenvalue weighted by Gasteiger charge is 2.48. The fourth-order valence-corrected chi connectivity index (χ4v) is 2.38. The summed E-state index contributed by atoms with van der Waals surface area (Å²) in [7, 11) is 0. The van der Waals surface area contributed by atoms with Gasteiger partial charge in [-0.25, -0.2) is 4.79 Å². The van der Waals surface area contributed by atoms with E-state index < -0.39 is 11.6 Å². The molecule has 6 nitrogen and oxygen atoms in total. The summed E-state index contributed by atoms with van der Waals surface area (Å²) in [5.74, 6) is -1.24. The lowest BCUT2D eigenvalue weighted by molar-refractivity contribution is -0.165. The van der Waals surface area contributed by atoms with E-state index >= 15 is 0 Å². The van der Waals surface area contributed by atoms with Gasteiger partial charge in [-0.2, -0.15) is 0 Å². The summed E-state index contributed by atoms with van der Waals surface area (Å²) in [5.41, 5.74) is -1.67. The van der Waals surface area contributed by atoms with E-state index in [-0.39, 0.29) is 30.8 Å². The number of carboxylic acids is 1. The molecule has 1 aliphatic carbocycles. The first-order valence-corrected chi connectivity index (χ1v) is 6.34. The standard InChI is InChI=1S/C12H19NO5/c1-2-18-9-7-8(9)10(14)13-5-3-12(17,4-6-13)11(15)16/h8-9,17H,2-7H2,1H3,(H,15,16). The number of amides is 1. The van der Waals surface area contributed by atoms with Crippen LogP contribution >= 0.6 is 0 Å². The highest BCUT2D eigenvalue weighted by molar-refractivity contribution is 5.83. The van der Waals surface area contributed by atoms with E-state index in [4.69, 9.17) is 9.84 Å². The summed E-state index contributed by atoms with van der Waals surface area (Å²) in [6.07, 6.45) is 0.981. The molecule has 2 aliphatic rings. The molecule has 0 aromatic heterocycles. The zero-order chi connectivity index (χ0) is 13.3. The van der Waals surface area contributed by atoms with E-state index in [0.29, 0.717) is 19.7 Å². The maximum atomic E-state index is 12.0. The monoisotopic (exact) mass is 257 g/mol. The van der Waals surface area contributed by atoms with Gasteiger partial charge in [0.2, 0.25) is 5.91 Å². The molecule has 102 valence electrons. The molecule has 0 aromatic carbocycles. The third-order valence-corrected chi connectivity index (χ3v) is 3.73. The van der Waals surface area contributed by atoms with Crippen molar-refractivity contribution in [1.82, 2.24) is 4.90 Å². The Bertz CT molecular complexity index is 348. The summed E-state index contributed by atoms with van der Waals surface area (Å²) in [6, 6.07) is 0. The van der Waals surface area contributed by atoms with Crippen molar-refractivity contribution in [3.63, 3.8) is 0 Å². The Morgan fingerprint density at radius 1 is 1.39 bits per heavy atom. The minimum Gasteiger partial charge on any atom is -0.479 e. The van der Waals surface area contributed by atoms with Crippen LogP contribution in [0.5, 0.6) is 0 Å². The van der Waals surface area contributed by atoms with Crippen molar-refractivity contribution in [2.45, 2.75) is 37.9 Å². The highest BCUT2D eigenvalue weighted by atomic mass is 16.5. The molecule has 6 heteroatoms. The minimum absolute atomic E-state index is 0.0286. The van der Waals surface area contributed by atoms with E-state index in [1.165, 1.54) is 0 Å². The van der Waals surface area contributed by atoms with Gasteiger partial charge >= 0.3 is 5.97 Å². The predicted octanol–water partition coefficient (Wildman–Crippen LogP) is -0.151. The molecule has 2 atom stereocenters. The Labute approximate surface area is 106 Å². The van der Waals surface area contributed by atoms with Gasteiger partial charge in [0.05, 0.1) is 12.0 Å². The number of nitrogens with zero attached hydrogens (tertiary/aromatic N) is 1. The molecule has 1 saturated carbocycles. The summed E-state index contributed by atoms with van der Waals surface area (Å²) in [4.78, 5) is 24.5. The lowest BCUT2D eigenvalue weighted by Crippen LogP contribution is -2.51. The average Bonchev–Trinajstić information content (AvgIpc) is 3.09. The van der Waals surface area contributed by atoms with E-state index in [1.807, 2.05) is 6.92 Å². The van der Waals surface area contributed by atoms with Crippen LogP contribution in [-0.4, -0.2) is 58.4 Å². The quantitative estimate of drug-likeness (QED) is 0.731. The fourth-order valence-electron chi connectivity index (χ4n) is 2.38. The molecule has 18 heavy (non-hydrogen) atoms. The van der Waals surface area contributed by atoms with Crippen molar-refractivity contribution < 1.29 is 24.5 Å². The van der Waals surface area contributed by atoms with Gasteiger partial charge in [-0.1, -0.05) is 0 Å². The van der Waals surface area contributed by atoms with Gasteiger partial charge in [-0.15, -0.1) is 0 Å². The Balaban J connectivity index is 1.84. The second-order valence-corrected chi connectivity index (χ2v) is 5.00. The molecule has 1 aliphatic heterocycles. The Morgan fingerprint density at radius 3 is 2.50 bits per heavy atom. The normalized spacial score (nSPS) is 30.0. The molecule has 2 N–H and O–H groups in total. The number of carbonyl (C=O) groups excluding carboxylic acids is 1. The topological polar surface area (TPSA) is 87.1 Å². The Kier molecular flexibility index (Phi) is 3.59. The summed E-state index contributed by atoms with van der Waals surface area (Å²) < 4.78 is 5.37. The van der Waals surface area contributed by atoms with Crippen molar-refractivity contribution >= 4 is 11.9 Å². The van der Waals surface area contributed by atoms with Crippen LogP contribution in [0.3, 0.4) is 0 Å². The maximum Gasteiger partial charge on any atom is 0.335 e. The van der Waals surface area contributed by atoms with Crippen LogP contribution in [-0.2, 0) is 14.3 Å². The van der Waals surface area contributed by atoms with E-state index in [9.17, 15) is 14.7 Å². The largest absolute Gasteiger partial charge is 0.479 e. The van der Waals surface area contributed by atoms with Crippen molar-refractivity contribution in [3.05, 3.63) is 0 Å². The third-order valence-electron chi connectivity index (χ3n) is 3.73. The first-order valence-electron chi connectivity index (χ1n) is 6.34. The first-order chi connectivity index (χ1) is 8.48. The number of carboxylic acid groups (broad SMARTS) is 1. The molecule has 2 unspecified atom stereocenters. The number of carbonyl (C=O) groups is 2. The van der Waals surface area contributed by atoms with Crippen molar-refractivity contribution in [2.24, 2.45) is 5.92 Å². The van der Waals surface area contributed by atoms with Crippen molar-refractivity contribution in [1.29, 1.82) is 0 Å². The van der Waals surface area contributed by atoms with Crippen LogP contribution < -0.4 is 0 Å². The molecular formula is C12H19NO5. The van der Waals surface area contributed by atoms with E-state index in [2.05, 4.69) is 0 Å². The molecule has 1 saturated heterocycles. The number of hydrogen-bond donors (Lipinski definition) is 2. The molecule has 0 aromatic rings. The van der Waals surface area contributed by atoms with Crippen LogP contribution in [0.25, 0.3) is 0 Å². The molecule has 0 spiro atoms. The van der Waals surface area contributed by atoms with Gasteiger partial charge < -0.3 is 19.8 Å². The fraction of sp³-hybridized carbons (Fsp3) is 0.833. The smallest absolute Gasteiger partial charge is 0.335 e. The Hall–Kier alpha value is -1.14. The van der Waals surface area contributed by atoms with Crippen LogP contribution in [0.4, 0.5) is 0 Å². The van der Waals surface area contributed by atoms with Gasteiger partial charge in [-0.3, -0.25) is 4.79 Å². The number of likely N-dealkylation sites (tertiary alicyclic amines) is 1. The number of ether oxygens (including phenoxy) is 1. The van der Waals surface area contributed by atoms with Gasteiger partial charge in [0, 0.05) is 32.5 Å². The van der Waals surface area contributed by atoms with Gasteiger partial charge in [-0.05, 0) is 13.3 Å². The van der Waals surface area contributed by atoms with Crippen molar-refractivity contribution in [3.8, 4) is 0 Å². The van der Waals surface area contributed by atoms with Crippen molar-refractivity contribution in [2.75, 3.05) is 19.7 Å². The van der Waals surface area contributed by atoms with Crippen LogP contribution in [0.1, 0.15) is 26.2 Å². The average molecular weight is 257 g/mol. The number of rotatable bonds is 4. The molecule has 2 fully saturated rings. The number of piperidine rings is 1. The molecule has 2 rings (SSSR count). The number of aliphatic hydroxyl groups is 1. The summed E-state index contributed by atoms with van der Waals surface area (Å²) in [6.45, 7) is 3.11. The first kappa shape index (κ1) is 13.3. The summed E-state index contributed by atoms with van der Waals surface area (Å²) >= 11 is 0. The van der Waals surface area contributed by atoms with Gasteiger partial charge in [0.1, 0.15) is 0 Å². The SMILES string of the molecule is CCOC1CC1C(=O)N1CCC(O)(C(=O)O)CC1. The molecule has 1 heterocycles. The highest BCUT2D eigenvalue weighted by Crippen LogP contribution is 2.36.